The van der Waals surface area contributed by atoms with Gasteiger partial charge in [0.2, 0.25) is 5.91 Å². The van der Waals surface area contributed by atoms with E-state index in [1.54, 1.807) is 35.2 Å². The second kappa shape index (κ2) is 10.2. The molecule has 1 saturated heterocycles. The number of benzene rings is 2. The van der Waals surface area contributed by atoms with Gasteiger partial charge >= 0.3 is 5.97 Å². The number of amides is 1. The zero-order valence-corrected chi connectivity index (χ0v) is 22.2. The van der Waals surface area contributed by atoms with Crippen molar-refractivity contribution in [3.8, 4) is 11.1 Å². The molecule has 194 valence electrons. The molecule has 2 aliphatic rings. The number of carbonyl (C=O) groups is 2. The third-order valence-corrected chi connectivity index (χ3v) is 8.05. The number of rotatable bonds is 6. The maximum absolute atomic E-state index is 13.1. The van der Waals surface area contributed by atoms with Crippen molar-refractivity contribution in [1.82, 2.24) is 4.90 Å². The SMILES string of the molecule is C=Cc1cc(-c2cccc(S(C)(=O)=O)c2)c(Cl)cc1C1=C(O)C2(CCCN(C(=O)/C=C\CC)C2)OC1=O. The van der Waals surface area contributed by atoms with Gasteiger partial charge in [-0.3, -0.25) is 4.79 Å². The first-order valence-corrected chi connectivity index (χ1v) is 14.2. The van der Waals surface area contributed by atoms with Crippen LogP contribution in [0.1, 0.15) is 37.3 Å². The molecule has 1 spiro atoms. The summed E-state index contributed by atoms with van der Waals surface area (Å²) in [6, 6.07) is 9.63. The molecule has 1 atom stereocenters. The lowest BCUT2D eigenvalue weighted by molar-refractivity contribution is -0.155. The summed E-state index contributed by atoms with van der Waals surface area (Å²) in [5, 5.41) is 11.6. The van der Waals surface area contributed by atoms with Crippen LogP contribution in [0.2, 0.25) is 5.02 Å². The maximum atomic E-state index is 13.1. The van der Waals surface area contributed by atoms with Crippen molar-refractivity contribution in [1.29, 1.82) is 0 Å². The van der Waals surface area contributed by atoms with Crippen molar-refractivity contribution in [3.05, 3.63) is 77.0 Å². The number of allylic oxidation sites excluding steroid dienone is 1. The highest BCUT2D eigenvalue weighted by atomic mass is 35.5. The number of piperidine rings is 1. The topological polar surface area (TPSA) is 101 Å². The number of esters is 1. The predicted molar refractivity (Wildman–Crippen MR) is 144 cm³/mol. The highest BCUT2D eigenvalue weighted by molar-refractivity contribution is 7.90. The Labute approximate surface area is 221 Å². The Morgan fingerprint density at radius 3 is 2.70 bits per heavy atom. The van der Waals surface area contributed by atoms with Gasteiger partial charge in [0.1, 0.15) is 5.57 Å². The molecule has 0 aliphatic carbocycles. The maximum Gasteiger partial charge on any atom is 0.343 e. The fraction of sp³-hybridized carbons (Fsp3) is 0.286. The molecule has 0 radical (unpaired) electrons. The molecule has 2 heterocycles. The van der Waals surface area contributed by atoms with Crippen LogP contribution in [0.3, 0.4) is 0 Å². The van der Waals surface area contributed by atoms with E-state index in [9.17, 15) is 23.1 Å². The lowest BCUT2D eigenvalue weighted by atomic mass is 9.87. The number of hydrogen-bond acceptors (Lipinski definition) is 6. The molecule has 7 nitrogen and oxygen atoms in total. The van der Waals surface area contributed by atoms with Crippen LogP contribution in [0.15, 0.2) is 65.8 Å². The summed E-state index contributed by atoms with van der Waals surface area (Å²) < 4.78 is 29.8. The number of halogens is 1. The number of likely N-dealkylation sites (tertiary alicyclic amines) is 1. The van der Waals surface area contributed by atoms with E-state index >= 15 is 0 Å². The fourth-order valence-corrected chi connectivity index (χ4v) is 5.68. The minimum Gasteiger partial charge on any atom is -0.507 e. The Balaban J connectivity index is 1.77. The highest BCUT2D eigenvalue weighted by Gasteiger charge is 2.51. The lowest BCUT2D eigenvalue weighted by Crippen LogP contribution is -2.51. The highest BCUT2D eigenvalue weighted by Crippen LogP contribution is 2.44. The third-order valence-electron chi connectivity index (χ3n) is 6.62. The number of ether oxygens (including phenoxy) is 1. The average molecular weight is 542 g/mol. The van der Waals surface area contributed by atoms with Crippen LogP contribution in [0, 0.1) is 0 Å². The molecule has 37 heavy (non-hydrogen) atoms. The average Bonchev–Trinajstić information content (AvgIpc) is 3.09. The molecule has 0 saturated carbocycles. The Morgan fingerprint density at radius 1 is 1.27 bits per heavy atom. The molecular formula is C28H28ClNO6S. The van der Waals surface area contributed by atoms with Gasteiger partial charge in [0.05, 0.1) is 11.4 Å². The number of aliphatic hydroxyl groups is 1. The largest absolute Gasteiger partial charge is 0.507 e. The summed E-state index contributed by atoms with van der Waals surface area (Å²) in [4.78, 5) is 27.4. The minimum absolute atomic E-state index is 0.0216. The van der Waals surface area contributed by atoms with Gasteiger partial charge < -0.3 is 14.7 Å². The first-order valence-electron chi connectivity index (χ1n) is 11.9. The number of sulfone groups is 1. The zero-order chi connectivity index (χ0) is 27.0. The number of carbonyl (C=O) groups excluding carboxylic acids is 2. The van der Waals surface area contributed by atoms with Crippen LogP contribution in [0.25, 0.3) is 22.8 Å². The lowest BCUT2D eigenvalue weighted by Gasteiger charge is -2.38. The molecule has 0 bridgehead atoms. The Morgan fingerprint density at radius 2 is 2.03 bits per heavy atom. The molecule has 4 rings (SSSR count). The second-order valence-electron chi connectivity index (χ2n) is 9.20. The van der Waals surface area contributed by atoms with E-state index in [2.05, 4.69) is 6.58 Å². The first-order chi connectivity index (χ1) is 17.5. The van der Waals surface area contributed by atoms with Gasteiger partial charge in [0, 0.05) is 29.0 Å². The van der Waals surface area contributed by atoms with Crippen molar-refractivity contribution in [2.45, 2.75) is 36.7 Å². The number of aliphatic hydroxyl groups excluding tert-OH is 1. The second-order valence-corrected chi connectivity index (χ2v) is 11.6. The standard InChI is InChI=1S/C28H28ClNO6S/c1-4-6-11-24(31)30-13-8-12-28(17-30)26(32)25(27(33)36-28)22-16-23(29)21(15-18(22)5-2)19-9-7-10-20(14-19)37(3,34)35/h5-7,9-11,14-16,32H,2,4,8,12-13,17H2,1,3H3/b11-6-. The molecule has 1 unspecified atom stereocenters. The van der Waals surface area contributed by atoms with Gasteiger partial charge in [-0.2, -0.15) is 0 Å². The van der Waals surface area contributed by atoms with Gasteiger partial charge in [-0.25, -0.2) is 13.2 Å². The van der Waals surface area contributed by atoms with E-state index in [0.717, 1.165) is 6.26 Å². The molecule has 9 heteroatoms. The number of nitrogens with zero attached hydrogens (tertiary/aromatic N) is 1. The monoisotopic (exact) mass is 541 g/mol. The van der Waals surface area contributed by atoms with Crippen LogP contribution in [0.4, 0.5) is 0 Å². The van der Waals surface area contributed by atoms with Crippen LogP contribution in [0.5, 0.6) is 0 Å². The Kier molecular flexibility index (Phi) is 7.35. The van der Waals surface area contributed by atoms with Crippen LogP contribution in [-0.2, 0) is 24.2 Å². The van der Waals surface area contributed by atoms with E-state index in [4.69, 9.17) is 16.3 Å². The Bertz CT molecular complexity index is 1460. The predicted octanol–water partition coefficient (Wildman–Crippen LogP) is 5.21. The quantitative estimate of drug-likeness (QED) is 0.398. The summed E-state index contributed by atoms with van der Waals surface area (Å²) in [6.07, 6.45) is 7.56. The van der Waals surface area contributed by atoms with Crippen LogP contribution < -0.4 is 0 Å². The van der Waals surface area contributed by atoms with Crippen molar-refractivity contribution in [3.63, 3.8) is 0 Å². The van der Waals surface area contributed by atoms with Gasteiger partial charge in [0.15, 0.2) is 21.2 Å². The summed E-state index contributed by atoms with van der Waals surface area (Å²) >= 11 is 6.62. The summed E-state index contributed by atoms with van der Waals surface area (Å²) in [5.74, 6) is -1.14. The first kappa shape index (κ1) is 26.7. The van der Waals surface area contributed by atoms with Gasteiger partial charge in [0.25, 0.3) is 0 Å². The molecule has 2 aliphatic heterocycles. The molecule has 1 N–H and O–H groups in total. The third kappa shape index (κ3) is 5.08. The van der Waals surface area contributed by atoms with E-state index < -0.39 is 21.4 Å². The van der Waals surface area contributed by atoms with Gasteiger partial charge in [-0.05, 0) is 60.7 Å². The minimum atomic E-state index is -3.43. The summed E-state index contributed by atoms with van der Waals surface area (Å²) in [7, 11) is -3.43. The normalized spacial score (nSPS) is 20.1. The number of hydrogen-bond donors (Lipinski definition) is 1. The molecule has 2 aromatic carbocycles. The van der Waals surface area contributed by atoms with Crippen molar-refractivity contribution in [2.24, 2.45) is 0 Å². The van der Waals surface area contributed by atoms with Crippen molar-refractivity contribution < 1.29 is 27.9 Å². The molecule has 1 fully saturated rings. The van der Waals surface area contributed by atoms with Crippen LogP contribution in [-0.4, -0.2) is 55.2 Å². The fourth-order valence-electron chi connectivity index (χ4n) is 4.74. The van der Waals surface area contributed by atoms with E-state index in [1.165, 1.54) is 24.3 Å². The Hall–Kier alpha value is -3.36. The molecule has 2 aromatic rings. The zero-order valence-electron chi connectivity index (χ0n) is 20.7. The van der Waals surface area contributed by atoms with Crippen LogP contribution >= 0.6 is 11.6 Å². The smallest absolute Gasteiger partial charge is 0.343 e. The van der Waals surface area contributed by atoms with E-state index in [0.29, 0.717) is 48.1 Å². The molecule has 1 amide bonds. The summed E-state index contributed by atoms with van der Waals surface area (Å²) in [6.45, 7) is 6.32. The van der Waals surface area contributed by atoms with Gasteiger partial charge in [-0.1, -0.05) is 49.4 Å². The van der Waals surface area contributed by atoms with Crippen molar-refractivity contribution in [2.75, 3.05) is 19.3 Å². The van der Waals surface area contributed by atoms with Gasteiger partial charge in [-0.15, -0.1) is 0 Å². The summed E-state index contributed by atoms with van der Waals surface area (Å²) in [5.41, 5.74) is 0.628. The van der Waals surface area contributed by atoms with E-state index in [-0.39, 0.29) is 33.7 Å². The molecular weight excluding hydrogens is 514 g/mol. The van der Waals surface area contributed by atoms with Crippen molar-refractivity contribution >= 4 is 45.0 Å². The molecule has 0 aromatic heterocycles. The van der Waals surface area contributed by atoms with E-state index in [1.807, 2.05) is 6.92 Å².